The van der Waals surface area contributed by atoms with Gasteiger partial charge in [0.1, 0.15) is 0 Å². The lowest BCUT2D eigenvalue weighted by Crippen LogP contribution is -2.43. The summed E-state index contributed by atoms with van der Waals surface area (Å²) in [5.41, 5.74) is 2.65. The van der Waals surface area contributed by atoms with Crippen LogP contribution in [0.25, 0.3) is 0 Å². The van der Waals surface area contributed by atoms with Crippen LogP contribution in [0.2, 0.25) is 0 Å². The zero-order valence-corrected chi connectivity index (χ0v) is 11.8. The van der Waals surface area contributed by atoms with E-state index in [0.717, 1.165) is 19.5 Å². The number of carbonyl (C=O) groups excluding carboxylic acids is 2. The molecule has 0 saturated carbocycles. The van der Waals surface area contributed by atoms with Crippen LogP contribution in [0.4, 0.5) is 0 Å². The molecule has 2 amide bonds. The number of fused-ring (bicyclic) bond motifs is 1. The van der Waals surface area contributed by atoms with Gasteiger partial charge in [-0.3, -0.25) is 14.5 Å². The molecule has 5 heteroatoms. The van der Waals surface area contributed by atoms with E-state index in [-0.39, 0.29) is 18.4 Å². The maximum atomic E-state index is 11.8. The molecule has 2 N–H and O–H groups in total. The molecule has 0 atom stereocenters. The molecule has 108 valence electrons. The molecule has 0 saturated heterocycles. The summed E-state index contributed by atoms with van der Waals surface area (Å²) >= 11 is 0. The minimum atomic E-state index is -0.148. The third-order valence-corrected chi connectivity index (χ3v) is 3.40. The molecule has 0 aromatic heterocycles. The molecular formula is C15H21N3O2. The van der Waals surface area contributed by atoms with E-state index in [1.165, 1.54) is 11.1 Å². The Kier molecular flexibility index (Phi) is 5.12. The van der Waals surface area contributed by atoms with Crippen LogP contribution in [0, 0.1) is 0 Å². The van der Waals surface area contributed by atoms with Gasteiger partial charge < -0.3 is 10.6 Å². The van der Waals surface area contributed by atoms with Crippen LogP contribution in [0.1, 0.15) is 18.1 Å². The van der Waals surface area contributed by atoms with Gasteiger partial charge in [-0.15, -0.1) is 0 Å². The minimum Gasteiger partial charge on any atom is -0.355 e. The Morgan fingerprint density at radius 3 is 2.65 bits per heavy atom. The molecule has 20 heavy (non-hydrogen) atoms. The van der Waals surface area contributed by atoms with Gasteiger partial charge in [-0.2, -0.15) is 0 Å². The Bertz CT molecular complexity index is 488. The normalized spacial score (nSPS) is 14.4. The standard InChI is InChI=1S/C15H21N3O2/c1-2-16-14(19)9-17-15(20)11-18-8-7-12-5-3-4-6-13(12)10-18/h3-6H,2,7-11H2,1H3,(H,16,19)(H,17,20). The number of hydrogen-bond donors (Lipinski definition) is 2. The molecule has 0 fully saturated rings. The summed E-state index contributed by atoms with van der Waals surface area (Å²) in [5, 5.41) is 5.30. The molecule has 1 heterocycles. The van der Waals surface area contributed by atoms with E-state index < -0.39 is 0 Å². The van der Waals surface area contributed by atoms with Crippen molar-refractivity contribution in [3.63, 3.8) is 0 Å². The van der Waals surface area contributed by atoms with Crippen molar-refractivity contribution in [2.24, 2.45) is 0 Å². The highest BCUT2D eigenvalue weighted by molar-refractivity contribution is 5.85. The van der Waals surface area contributed by atoms with Crippen molar-refractivity contribution in [1.29, 1.82) is 0 Å². The SMILES string of the molecule is CCNC(=O)CNC(=O)CN1CCc2ccccc2C1. The van der Waals surface area contributed by atoms with E-state index in [2.05, 4.69) is 27.7 Å². The van der Waals surface area contributed by atoms with E-state index in [1.54, 1.807) is 0 Å². The maximum absolute atomic E-state index is 11.8. The zero-order chi connectivity index (χ0) is 14.4. The summed E-state index contributed by atoms with van der Waals surface area (Å²) in [6.45, 7) is 4.50. The summed E-state index contributed by atoms with van der Waals surface area (Å²) in [7, 11) is 0. The Morgan fingerprint density at radius 2 is 1.90 bits per heavy atom. The predicted octanol–water partition coefficient (Wildman–Crippen LogP) is 0.297. The first-order valence-electron chi connectivity index (χ1n) is 7.01. The van der Waals surface area contributed by atoms with Crippen molar-refractivity contribution in [2.45, 2.75) is 19.9 Å². The van der Waals surface area contributed by atoms with Crippen LogP contribution in [-0.2, 0) is 22.6 Å². The summed E-state index contributed by atoms with van der Waals surface area (Å²) < 4.78 is 0. The van der Waals surface area contributed by atoms with Gasteiger partial charge in [0.25, 0.3) is 0 Å². The third-order valence-electron chi connectivity index (χ3n) is 3.40. The molecule has 0 bridgehead atoms. The summed E-state index contributed by atoms with van der Waals surface area (Å²) in [6, 6.07) is 8.32. The van der Waals surface area contributed by atoms with Gasteiger partial charge in [0, 0.05) is 19.6 Å². The fourth-order valence-electron chi connectivity index (χ4n) is 2.39. The number of carbonyl (C=O) groups is 2. The lowest BCUT2D eigenvalue weighted by Gasteiger charge is -2.28. The predicted molar refractivity (Wildman–Crippen MR) is 77.1 cm³/mol. The largest absolute Gasteiger partial charge is 0.355 e. The van der Waals surface area contributed by atoms with Gasteiger partial charge in [0.2, 0.25) is 11.8 Å². The van der Waals surface area contributed by atoms with Crippen LogP contribution >= 0.6 is 0 Å². The molecule has 0 spiro atoms. The van der Waals surface area contributed by atoms with Gasteiger partial charge in [-0.25, -0.2) is 0 Å². The molecule has 0 unspecified atom stereocenters. The topological polar surface area (TPSA) is 61.4 Å². The smallest absolute Gasteiger partial charge is 0.239 e. The summed E-state index contributed by atoms with van der Waals surface area (Å²) in [4.78, 5) is 25.2. The first kappa shape index (κ1) is 14.5. The number of hydrogen-bond acceptors (Lipinski definition) is 3. The first-order chi connectivity index (χ1) is 9.69. The molecule has 0 aliphatic carbocycles. The fourth-order valence-corrected chi connectivity index (χ4v) is 2.39. The average Bonchev–Trinajstić information content (AvgIpc) is 2.45. The monoisotopic (exact) mass is 275 g/mol. The Morgan fingerprint density at radius 1 is 1.15 bits per heavy atom. The molecule has 0 radical (unpaired) electrons. The number of benzene rings is 1. The number of likely N-dealkylation sites (N-methyl/N-ethyl adjacent to an activating group) is 1. The average molecular weight is 275 g/mol. The second-order valence-corrected chi connectivity index (χ2v) is 4.96. The number of nitrogens with zero attached hydrogens (tertiary/aromatic N) is 1. The summed E-state index contributed by atoms with van der Waals surface area (Å²) in [5.74, 6) is -0.250. The van der Waals surface area contributed by atoms with Gasteiger partial charge in [0.05, 0.1) is 13.1 Å². The number of nitrogens with one attached hydrogen (secondary N) is 2. The Hall–Kier alpha value is -1.88. The highest BCUT2D eigenvalue weighted by Gasteiger charge is 2.18. The molecule has 1 aromatic rings. The van der Waals surface area contributed by atoms with Crippen LogP contribution in [0.3, 0.4) is 0 Å². The highest BCUT2D eigenvalue weighted by atomic mass is 16.2. The molecule has 2 rings (SSSR count). The van der Waals surface area contributed by atoms with Crippen LogP contribution in [0.15, 0.2) is 24.3 Å². The minimum absolute atomic E-state index is 0.0527. The van der Waals surface area contributed by atoms with Crippen LogP contribution < -0.4 is 10.6 Å². The second-order valence-electron chi connectivity index (χ2n) is 4.96. The first-order valence-corrected chi connectivity index (χ1v) is 7.01. The van der Waals surface area contributed by atoms with E-state index in [4.69, 9.17) is 0 Å². The van der Waals surface area contributed by atoms with Crippen molar-refractivity contribution in [1.82, 2.24) is 15.5 Å². The third kappa shape index (κ3) is 4.06. The van der Waals surface area contributed by atoms with Crippen molar-refractivity contribution >= 4 is 11.8 Å². The van der Waals surface area contributed by atoms with Crippen molar-refractivity contribution in [3.8, 4) is 0 Å². The van der Waals surface area contributed by atoms with Crippen LogP contribution in [0.5, 0.6) is 0 Å². The van der Waals surface area contributed by atoms with Gasteiger partial charge in [0.15, 0.2) is 0 Å². The van der Waals surface area contributed by atoms with Gasteiger partial charge >= 0.3 is 0 Å². The Labute approximate surface area is 119 Å². The summed E-state index contributed by atoms with van der Waals surface area (Å²) in [6.07, 6.45) is 0.972. The van der Waals surface area contributed by atoms with E-state index in [0.29, 0.717) is 13.1 Å². The highest BCUT2D eigenvalue weighted by Crippen LogP contribution is 2.17. The molecule has 5 nitrogen and oxygen atoms in total. The number of amides is 2. The lowest BCUT2D eigenvalue weighted by atomic mass is 10.00. The van der Waals surface area contributed by atoms with E-state index >= 15 is 0 Å². The van der Waals surface area contributed by atoms with Gasteiger partial charge in [-0.05, 0) is 24.5 Å². The van der Waals surface area contributed by atoms with Crippen molar-refractivity contribution < 1.29 is 9.59 Å². The molecule has 1 aliphatic heterocycles. The zero-order valence-electron chi connectivity index (χ0n) is 11.8. The Balaban J connectivity index is 1.77. The molecular weight excluding hydrogens is 254 g/mol. The lowest BCUT2D eigenvalue weighted by molar-refractivity contribution is -0.126. The molecule has 1 aliphatic rings. The van der Waals surface area contributed by atoms with E-state index in [1.807, 2.05) is 19.1 Å². The number of rotatable bonds is 5. The van der Waals surface area contributed by atoms with Crippen molar-refractivity contribution in [2.75, 3.05) is 26.2 Å². The van der Waals surface area contributed by atoms with Gasteiger partial charge in [-0.1, -0.05) is 24.3 Å². The quantitative estimate of drug-likeness (QED) is 0.812. The van der Waals surface area contributed by atoms with Crippen LogP contribution in [-0.4, -0.2) is 42.9 Å². The van der Waals surface area contributed by atoms with Crippen molar-refractivity contribution in [3.05, 3.63) is 35.4 Å². The molecule has 1 aromatic carbocycles. The maximum Gasteiger partial charge on any atom is 0.239 e. The second kappa shape index (κ2) is 7.05. The van der Waals surface area contributed by atoms with E-state index in [9.17, 15) is 9.59 Å². The fraction of sp³-hybridized carbons (Fsp3) is 0.467.